The van der Waals surface area contributed by atoms with Gasteiger partial charge in [-0.2, -0.15) is 0 Å². The molecule has 2 N–H and O–H groups in total. The lowest BCUT2D eigenvalue weighted by Gasteiger charge is -2.35. The van der Waals surface area contributed by atoms with E-state index in [-0.39, 0.29) is 17.4 Å². The minimum absolute atomic E-state index is 0.0291. The van der Waals surface area contributed by atoms with E-state index in [1.165, 1.54) is 0 Å². The molecule has 0 spiro atoms. The van der Waals surface area contributed by atoms with Gasteiger partial charge in [-0.15, -0.1) is 0 Å². The number of carbonyl (C=O) groups is 1. The van der Waals surface area contributed by atoms with E-state index in [0.29, 0.717) is 5.92 Å². The largest absolute Gasteiger partial charge is 0.349 e. The van der Waals surface area contributed by atoms with Crippen LogP contribution in [0.2, 0.25) is 5.02 Å². The zero-order chi connectivity index (χ0) is 15.5. The van der Waals surface area contributed by atoms with Crippen LogP contribution in [0.5, 0.6) is 0 Å². The molecule has 1 unspecified atom stereocenters. The van der Waals surface area contributed by atoms with Crippen molar-refractivity contribution >= 4 is 17.5 Å². The monoisotopic (exact) mass is 308 g/mol. The number of nitrogens with one attached hydrogen (secondary N) is 2. The van der Waals surface area contributed by atoms with Crippen LogP contribution >= 0.6 is 11.6 Å². The fraction of sp³-hybridized carbons (Fsp3) is 0.588. The summed E-state index contributed by atoms with van der Waals surface area (Å²) in [5.41, 5.74) is 0.852. The van der Waals surface area contributed by atoms with E-state index in [4.69, 9.17) is 11.6 Å². The summed E-state index contributed by atoms with van der Waals surface area (Å²) >= 11 is 5.95. The molecule has 4 heteroatoms. The second-order valence-electron chi connectivity index (χ2n) is 6.56. The van der Waals surface area contributed by atoms with E-state index >= 15 is 0 Å². The van der Waals surface area contributed by atoms with Gasteiger partial charge in [0.2, 0.25) is 5.91 Å². The lowest BCUT2D eigenvalue weighted by molar-refractivity contribution is -0.132. The van der Waals surface area contributed by atoms with Crippen molar-refractivity contribution in [2.45, 2.75) is 39.7 Å². The highest BCUT2D eigenvalue weighted by Crippen LogP contribution is 2.31. The molecule has 0 aliphatic carbocycles. The molecule has 21 heavy (non-hydrogen) atoms. The van der Waals surface area contributed by atoms with Crippen LogP contribution in [-0.4, -0.2) is 19.0 Å². The van der Waals surface area contributed by atoms with Crippen molar-refractivity contribution in [1.29, 1.82) is 0 Å². The number of rotatable bonds is 4. The van der Waals surface area contributed by atoms with Gasteiger partial charge in [0.1, 0.15) is 0 Å². The van der Waals surface area contributed by atoms with Crippen LogP contribution in [-0.2, 0) is 4.79 Å². The molecule has 1 aliphatic heterocycles. The Morgan fingerprint density at radius 1 is 1.24 bits per heavy atom. The van der Waals surface area contributed by atoms with Gasteiger partial charge in [0.05, 0.1) is 6.04 Å². The summed E-state index contributed by atoms with van der Waals surface area (Å²) in [5, 5.41) is 7.29. The minimum atomic E-state index is -0.259. The first kappa shape index (κ1) is 16.3. The van der Waals surface area contributed by atoms with Crippen LogP contribution in [0.25, 0.3) is 0 Å². The summed E-state index contributed by atoms with van der Waals surface area (Å²) in [5.74, 6) is 0.498. The predicted molar refractivity (Wildman–Crippen MR) is 87.4 cm³/mol. The average Bonchev–Trinajstić information content (AvgIpc) is 2.46. The van der Waals surface area contributed by atoms with Crippen molar-refractivity contribution in [1.82, 2.24) is 10.6 Å². The molecule has 1 aliphatic rings. The fourth-order valence-electron chi connectivity index (χ4n) is 2.83. The van der Waals surface area contributed by atoms with Crippen molar-refractivity contribution in [3.63, 3.8) is 0 Å². The number of amides is 1. The van der Waals surface area contributed by atoms with Crippen LogP contribution in [0, 0.1) is 11.3 Å². The SMILES string of the molecule is CC(C)C(NC(=O)C1(C)CCNCC1)c1ccc(Cl)cc1. The molecular weight excluding hydrogens is 284 g/mol. The highest BCUT2D eigenvalue weighted by atomic mass is 35.5. The highest BCUT2D eigenvalue weighted by Gasteiger charge is 2.36. The molecule has 0 radical (unpaired) electrons. The number of halogens is 1. The van der Waals surface area contributed by atoms with Crippen LogP contribution < -0.4 is 10.6 Å². The molecule has 0 saturated carbocycles. The van der Waals surface area contributed by atoms with E-state index < -0.39 is 0 Å². The molecule has 0 bridgehead atoms. The lowest BCUT2D eigenvalue weighted by atomic mass is 9.79. The van der Waals surface area contributed by atoms with Crippen molar-refractivity contribution in [2.75, 3.05) is 13.1 Å². The number of piperidine rings is 1. The van der Waals surface area contributed by atoms with Crippen molar-refractivity contribution < 1.29 is 4.79 Å². The van der Waals surface area contributed by atoms with E-state index in [1.807, 2.05) is 24.3 Å². The summed E-state index contributed by atoms with van der Waals surface area (Å²) in [6, 6.07) is 7.78. The minimum Gasteiger partial charge on any atom is -0.349 e. The summed E-state index contributed by atoms with van der Waals surface area (Å²) < 4.78 is 0. The first-order valence-electron chi connectivity index (χ1n) is 7.69. The zero-order valence-electron chi connectivity index (χ0n) is 13.1. The van der Waals surface area contributed by atoms with Gasteiger partial charge in [0, 0.05) is 10.4 Å². The molecule has 1 amide bonds. The molecule has 1 saturated heterocycles. The molecular formula is C17H25ClN2O. The number of carbonyl (C=O) groups excluding carboxylic acids is 1. The van der Waals surface area contributed by atoms with Crippen LogP contribution in [0.1, 0.15) is 45.2 Å². The summed E-state index contributed by atoms with van der Waals surface area (Å²) in [6.07, 6.45) is 1.79. The van der Waals surface area contributed by atoms with Crippen LogP contribution in [0.3, 0.4) is 0 Å². The third-order valence-corrected chi connectivity index (χ3v) is 4.69. The first-order chi connectivity index (χ1) is 9.92. The number of hydrogen-bond acceptors (Lipinski definition) is 2. The summed E-state index contributed by atoms with van der Waals surface area (Å²) in [7, 11) is 0. The Balaban J connectivity index is 2.12. The maximum Gasteiger partial charge on any atom is 0.226 e. The Hall–Kier alpha value is -1.06. The average molecular weight is 309 g/mol. The molecule has 1 aromatic rings. The second kappa shape index (κ2) is 6.80. The molecule has 1 fully saturated rings. The Morgan fingerprint density at radius 2 is 1.81 bits per heavy atom. The second-order valence-corrected chi connectivity index (χ2v) is 6.99. The molecule has 0 aromatic heterocycles. The Labute approximate surface area is 132 Å². The molecule has 116 valence electrons. The molecule has 2 rings (SSSR count). The van der Waals surface area contributed by atoms with Gasteiger partial charge >= 0.3 is 0 Å². The molecule has 1 atom stereocenters. The Morgan fingerprint density at radius 3 is 2.33 bits per heavy atom. The van der Waals surface area contributed by atoms with E-state index in [2.05, 4.69) is 31.4 Å². The maximum atomic E-state index is 12.7. The third kappa shape index (κ3) is 3.98. The highest BCUT2D eigenvalue weighted by molar-refractivity contribution is 6.30. The van der Waals surface area contributed by atoms with Gasteiger partial charge in [-0.1, -0.05) is 44.5 Å². The lowest BCUT2D eigenvalue weighted by Crippen LogP contribution is -2.47. The van der Waals surface area contributed by atoms with Gasteiger partial charge < -0.3 is 10.6 Å². The van der Waals surface area contributed by atoms with E-state index in [1.54, 1.807) is 0 Å². The first-order valence-corrected chi connectivity index (χ1v) is 8.07. The van der Waals surface area contributed by atoms with E-state index in [0.717, 1.165) is 36.5 Å². The van der Waals surface area contributed by atoms with Crippen molar-refractivity contribution in [2.24, 2.45) is 11.3 Å². The number of hydrogen-bond donors (Lipinski definition) is 2. The van der Waals surface area contributed by atoms with Crippen molar-refractivity contribution in [3.05, 3.63) is 34.9 Å². The normalized spacial score (nSPS) is 19.3. The molecule has 3 nitrogen and oxygen atoms in total. The third-order valence-electron chi connectivity index (χ3n) is 4.44. The van der Waals surface area contributed by atoms with Gasteiger partial charge in [0.25, 0.3) is 0 Å². The van der Waals surface area contributed by atoms with E-state index in [9.17, 15) is 4.79 Å². The Kier molecular flexibility index (Phi) is 5.28. The Bertz CT molecular complexity index is 478. The number of benzene rings is 1. The van der Waals surface area contributed by atoms with Gasteiger partial charge in [-0.25, -0.2) is 0 Å². The molecule has 1 aromatic carbocycles. The smallest absolute Gasteiger partial charge is 0.226 e. The zero-order valence-corrected chi connectivity index (χ0v) is 13.8. The standard InChI is InChI=1S/C17H25ClN2O/c1-12(2)15(13-4-6-14(18)7-5-13)20-16(21)17(3)8-10-19-11-9-17/h4-7,12,15,19H,8-11H2,1-3H3,(H,20,21). The fourth-order valence-corrected chi connectivity index (χ4v) is 2.95. The van der Waals surface area contributed by atoms with Gasteiger partial charge in [0.15, 0.2) is 0 Å². The van der Waals surface area contributed by atoms with Crippen molar-refractivity contribution in [3.8, 4) is 0 Å². The maximum absolute atomic E-state index is 12.7. The van der Waals surface area contributed by atoms with Crippen LogP contribution in [0.4, 0.5) is 0 Å². The topological polar surface area (TPSA) is 41.1 Å². The van der Waals surface area contributed by atoms with Gasteiger partial charge in [-0.3, -0.25) is 4.79 Å². The predicted octanol–water partition coefficient (Wildman–Crippen LogP) is 3.54. The van der Waals surface area contributed by atoms with Crippen LogP contribution in [0.15, 0.2) is 24.3 Å². The van der Waals surface area contributed by atoms with Gasteiger partial charge in [-0.05, 0) is 49.5 Å². The summed E-state index contributed by atoms with van der Waals surface area (Å²) in [6.45, 7) is 8.16. The quantitative estimate of drug-likeness (QED) is 0.893. The summed E-state index contributed by atoms with van der Waals surface area (Å²) in [4.78, 5) is 12.7. The molecule has 1 heterocycles.